The lowest BCUT2D eigenvalue weighted by Gasteiger charge is -2.45. The Morgan fingerprint density at radius 2 is 1.81 bits per heavy atom. The van der Waals surface area contributed by atoms with Crippen LogP contribution in [0.4, 0.5) is 4.39 Å². The highest BCUT2D eigenvalue weighted by atomic mass is 19.1. The van der Waals surface area contributed by atoms with Crippen LogP contribution in [-0.4, -0.2) is 42.5 Å². The molecule has 0 heterocycles. The third kappa shape index (κ3) is 5.91. The zero-order valence-corrected chi connectivity index (χ0v) is 18.4. The molecule has 0 aromatic heterocycles. The van der Waals surface area contributed by atoms with E-state index in [0.717, 1.165) is 37.7 Å². The van der Waals surface area contributed by atoms with Crippen LogP contribution in [0, 0.1) is 5.82 Å². The van der Waals surface area contributed by atoms with Crippen molar-refractivity contribution in [3.05, 3.63) is 71.5 Å². The van der Waals surface area contributed by atoms with E-state index in [9.17, 15) is 14.0 Å². The van der Waals surface area contributed by atoms with Crippen molar-refractivity contribution in [3.8, 4) is 0 Å². The summed E-state index contributed by atoms with van der Waals surface area (Å²) >= 11 is 0. The average molecular weight is 427 g/mol. The molecule has 1 unspecified atom stereocenters. The number of esters is 1. The highest BCUT2D eigenvalue weighted by Gasteiger charge is 2.38. The van der Waals surface area contributed by atoms with Crippen LogP contribution < -0.4 is 5.32 Å². The largest absolute Gasteiger partial charge is 0.447 e. The zero-order chi connectivity index (χ0) is 22.4. The van der Waals surface area contributed by atoms with Crippen LogP contribution in [0.15, 0.2) is 54.6 Å². The van der Waals surface area contributed by atoms with Crippen molar-refractivity contribution in [3.63, 3.8) is 0 Å². The van der Waals surface area contributed by atoms with E-state index in [1.54, 1.807) is 24.3 Å². The van der Waals surface area contributed by atoms with Crippen LogP contribution in [0.3, 0.4) is 0 Å². The lowest BCUT2D eigenvalue weighted by Crippen LogP contribution is -2.52. The second-order valence-corrected chi connectivity index (χ2v) is 8.61. The molecule has 1 amide bonds. The molecule has 1 aliphatic rings. The molecule has 2 aromatic rings. The first-order valence-electron chi connectivity index (χ1n) is 10.7. The van der Waals surface area contributed by atoms with Gasteiger partial charge in [-0.1, -0.05) is 42.5 Å². The van der Waals surface area contributed by atoms with Crippen LogP contribution in [0.1, 0.15) is 49.8 Å². The van der Waals surface area contributed by atoms with Gasteiger partial charge in [0.15, 0.2) is 0 Å². The average Bonchev–Trinajstić information content (AvgIpc) is 2.74. The first kappa shape index (κ1) is 22.9. The van der Waals surface area contributed by atoms with Gasteiger partial charge in [-0.3, -0.25) is 9.59 Å². The van der Waals surface area contributed by atoms with Gasteiger partial charge >= 0.3 is 5.97 Å². The molecule has 2 aromatic carbocycles. The number of carbonyl (C=O) groups excluding carboxylic acids is 2. The Bertz CT molecular complexity index is 893. The molecule has 0 radical (unpaired) electrons. The Kier molecular flexibility index (Phi) is 7.44. The standard InChI is InChI=1S/C25H31FN2O3/c1-18(29)31-23(20-9-5-4-6-10-20)24(30)27-22-12-14-25(15-13-22,28(2)3)17-19-8-7-11-21(26)16-19/h4-11,16,22-23H,12-15,17H2,1-3H3,(H,27,30). The van der Waals surface area contributed by atoms with E-state index >= 15 is 0 Å². The number of nitrogens with zero attached hydrogens (tertiary/aromatic N) is 1. The predicted octanol–water partition coefficient (Wildman–Crippen LogP) is 4.03. The second-order valence-electron chi connectivity index (χ2n) is 8.61. The summed E-state index contributed by atoms with van der Waals surface area (Å²) in [4.78, 5) is 26.7. The Balaban J connectivity index is 1.65. The summed E-state index contributed by atoms with van der Waals surface area (Å²) in [5.41, 5.74) is 1.55. The second kappa shape index (κ2) is 10.1. The Hall–Kier alpha value is -2.73. The van der Waals surface area contributed by atoms with E-state index < -0.39 is 12.1 Å². The maximum absolute atomic E-state index is 13.7. The molecule has 1 atom stereocenters. The van der Waals surface area contributed by atoms with Crippen molar-refractivity contribution >= 4 is 11.9 Å². The Morgan fingerprint density at radius 1 is 1.13 bits per heavy atom. The Morgan fingerprint density at radius 3 is 2.39 bits per heavy atom. The summed E-state index contributed by atoms with van der Waals surface area (Å²) in [7, 11) is 4.12. The third-order valence-corrected chi connectivity index (χ3v) is 6.26. The summed E-state index contributed by atoms with van der Waals surface area (Å²) in [6, 6.07) is 15.8. The summed E-state index contributed by atoms with van der Waals surface area (Å²) in [6.45, 7) is 1.31. The van der Waals surface area contributed by atoms with Gasteiger partial charge in [-0.25, -0.2) is 4.39 Å². The number of halogens is 1. The zero-order valence-electron chi connectivity index (χ0n) is 18.4. The number of likely N-dealkylation sites (N-methyl/N-ethyl adjacent to an activating group) is 1. The van der Waals surface area contributed by atoms with Gasteiger partial charge in [0.05, 0.1) is 0 Å². The van der Waals surface area contributed by atoms with Gasteiger partial charge in [0, 0.05) is 24.1 Å². The van der Waals surface area contributed by atoms with E-state index in [0.29, 0.717) is 5.56 Å². The third-order valence-electron chi connectivity index (χ3n) is 6.26. The summed E-state index contributed by atoms with van der Waals surface area (Å²) in [6.07, 6.45) is 3.18. The van der Waals surface area contributed by atoms with Crippen molar-refractivity contribution in [2.45, 2.75) is 56.7 Å². The molecule has 1 N–H and O–H groups in total. The monoisotopic (exact) mass is 426 g/mol. The van der Waals surface area contributed by atoms with Gasteiger partial charge in [-0.15, -0.1) is 0 Å². The minimum Gasteiger partial charge on any atom is -0.447 e. The van der Waals surface area contributed by atoms with Crippen LogP contribution >= 0.6 is 0 Å². The first-order valence-corrected chi connectivity index (χ1v) is 10.7. The molecule has 3 rings (SSSR count). The lowest BCUT2D eigenvalue weighted by molar-refractivity contribution is -0.154. The number of benzene rings is 2. The molecular formula is C25H31FN2O3. The normalized spacial score (nSPS) is 22.0. The van der Waals surface area contributed by atoms with Gasteiger partial charge in [0.2, 0.25) is 6.10 Å². The quantitative estimate of drug-likeness (QED) is 0.679. The molecule has 31 heavy (non-hydrogen) atoms. The molecular weight excluding hydrogens is 395 g/mol. The van der Waals surface area contributed by atoms with Crippen molar-refractivity contribution in [2.75, 3.05) is 14.1 Å². The highest BCUT2D eigenvalue weighted by Crippen LogP contribution is 2.36. The number of carbonyl (C=O) groups is 2. The van der Waals surface area contributed by atoms with Crippen molar-refractivity contribution in [1.82, 2.24) is 10.2 Å². The molecule has 5 nitrogen and oxygen atoms in total. The van der Waals surface area contributed by atoms with E-state index in [4.69, 9.17) is 4.74 Å². The van der Waals surface area contributed by atoms with Crippen LogP contribution in [0.2, 0.25) is 0 Å². The maximum Gasteiger partial charge on any atom is 0.303 e. The SMILES string of the molecule is CC(=O)OC(C(=O)NC1CCC(Cc2cccc(F)c2)(N(C)C)CC1)c1ccccc1. The van der Waals surface area contributed by atoms with Crippen LogP contribution in [0.5, 0.6) is 0 Å². The summed E-state index contributed by atoms with van der Waals surface area (Å²) in [5, 5.41) is 3.08. The maximum atomic E-state index is 13.7. The van der Waals surface area contributed by atoms with Gasteiger partial charge in [-0.05, 0) is 63.9 Å². The fourth-order valence-corrected chi connectivity index (χ4v) is 4.45. The van der Waals surface area contributed by atoms with Gasteiger partial charge < -0.3 is 15.0 Å². The summed E-state index contributed by atoms with van der Waals surface area (Å²) in [5.74, 6) is -1.01. The predicted molar refractivity (Wildman–Crippen MR) is 118 cm³/mol. The van der Waals surface area contributed by atoms with E-state index in [1.807, 2.05) is 24.3 Å². The smallest absolute Gasteiger partial charge is 0.303 e. The molecule has 0 spiro atoms. The molecule has 0 aliphatic heterocycles. The van der Waals surface area contributed by atoms with E-state index in [2.05, 4.69) is 24.3 Å². The topological polar surface area (TPSA) is 58.6 Å². The molecule has 1 aliphatic carbocycles. The fraction of sp³-hybridized carbons (Fsp3) is 0.440. The Labute approximate surface area is 183 Å². The number of ether oxygens (including phenoxy) is 1. The van der Waals surface area contributed by atoms with E-state index in [-0.39, 0.29) is 23.3 Å². The number of amides is 1. The molecule has 1 saturated carbocycles. The van der Waals surface area contributed by atoms with E-state index in [1.165, 1.54) is 13.0 Å². The minimum atomic E-state index is -0.952. The lowest BCUT2D eigenvalue weighted by atomic mass is 9.74. The van der Waals surface area contributed by atoms with Crippen LogP contribution in [-0.2, 0) is 20.7 Å². The fourth-order valence-electron chi connectivity index (χ4n) is 4.45. The highest BCUT2D eigenvalue weighted by molar-refractivity contribution is 5.84. The van der Waals surface area contributed by atoms with Crippen molar-refractivity contribution in [1.29, 1.82) is 0 Å². The molecule has 1 fully saturated rings. The minimum absolute atomic E-state index is 0.00912. The molecule has 0 bridgehead atoms. The first-order chi connectivity index (χ1) is 14.8. The van der Waals surface area contributed by atoms with Crippen molar-refractivity contribution < 1.29 is 18.7 Å². The summed E-state index contributed by atoms with van der Waals surface area (Å²) < 4.78 is 19.0. The number of hydrogen-bond donors (Lipinski definition) is 1. The number of hydrogen-bond acceptors (Lipinski definition) is 4. The molecule has 6 heteroatoms. The molecule has 0 saturated heterocycles. The van der Waals surface area contributed by atoms with Crippen molar-refractivity contribution in [2.24, 2.45) is 0 Å². The van der Waals surface area contributed by atoms with Gasteiger partial charge in [0.25, 0.3) is 5.91 Å². The van der Waals surface area contributed by atoms with Crippen LogP contribution in [0.25, 0.3) is 0 Å². The number of nitrogens with one attached hydrogen (secondary N) is 1. The van der Waals surface area contributed by atoms with Gasteiger partial charge in [-0.2, -0.15) is 0 Å². The number of rotatable bonds is 7. The molecule has 166 valence electrons. The van der Waals surface area contributed by atoms with Gasteiger partial charge in [0.1, 0.15) is 5.82 Å².